The van der Waals surface area contributed by atoms with Crippen LogP contribution in [0.25, 0.3) is 28.1 Å². The Morgan fingerprint density at radius 1 is 1.16 bits per heavy atom. The van der Waals surface area contributed by atoms with Crippen LogP contribution in [-0.4, -0.2) is 14.8 Å². The van der Waals surface area contributed by atoms with Gasteiger partial charge in [-0.05, 0) is 31.5 Å². The third-order valence-electron chi connectivity index (χ3n) is 3.70. The molecule has 2 aromatic heterocycles. The Morgan fingerprint density at radius 2 is 1.88 bits per heavy atom. The first-order valence-electron chi connectivity index (χ1n) is 8.57. The molecule has 0 aliphatic carbocycles. The molecule has 0 atom stereocenters. The highest BCUT2D eigenvalue weighted by Crippen LogP contribution is 2.21. The summed E-state index contributed by atoms with van der Waals surface area (Å²) in [6, 6.07) is 5.73. The minimum atomic E-state index is 0.00819. The zero-order chi connectivity index (χ0) is 18.4. The molecule has 130 valence electrons. The van der Waals surface area contributed by atoms with Crippen LogP contribution in [0.3, 0.4) is 0 Å². The first-order chi connectivity index (χ1) is 12.0. The molecule has 0 spiro atoms. The van der Waals surface area contributed by atoms with Crippen molar-refractivity contribution in [1.82, 2.24) is 14.8 Å². The minimum Gasteiger partial charge on any atom is -0.289 e. The van der Waals surface area contributed by atoms with Gasteiger partial charge in [-0.2, -0.15) is 5.10 Å². The molecule has 4 nitrogen and oxygen atoms in total. The number of fused-ring (bicyclic) bond motifs is 1. The molecule has 2 heterocycles. The van der Waals surface area contributed by atoms with E-state index in [1.54, 1.807) is 17.1 Å². The molecule has 0 amide bonds. The average molecular weight is 335 g/mol. The minimum absolute atomic E-state index is 0.00819. The molecule has 0 radical (unpaired) electrons. The van der Waals surface area contributed by atoms with Crippen molar-refractivity contribution in [2.24, 2.45) is 7.05 Å². The number of hydrogen-bond acceptors (Lipinski definition) is 3. The van der Waals surface area contributed by atoms with Gasteiger partial charge in [0.15, 0.2) is 5.43 Å². The number of aryl methyl sites for hydroxylation is 2. The summed E-state index contributed by atoms with van der Waals surface area (Å²) in [4.78, 5) is 17.3. The molecule has 25 heavy (non-hydrogen) atoms. The molecule has 0 bridgehead atoms. The summed E-state index contributed by atoms with van der Waals surface area (Å²) in [6.45, 7) is 8.10. The maximum absolute atomic E-state index is 12.8. The lowest BCUT2D eigenvalue weighted by Crippen LogP contribution is -2.04. The fourth-order valence-corrected chi connectivity index (χ4v) is 2.51. The summed E-state index contributed by atoms with van der Waals surface area (Å²) in [5.41, 5.74) is 4.22. The second kappa shape index (κ2) is 8.38. The Bertz CT molecular complexity index is 955. The Balaban J connectivity index is 0.000000701. The highest BCUT2D eigenvalue weighted by Gasteiger charge is 2.08. The van der Waals surface area contributed by atoms with Crippen LogP contribution in [0.15, 0.2) is 47.7 Å². The van der Waals surface area contributed by atoms with Crippen LogP contribution in [0.4, 0.5) is 0 Å². The van der Waals surface area contributed by atoms with E-state index < -0.39 is 0 Å². The van der Waals surface area contributed by atoms with Gasteiger partial charge >= 0.3 is 0 Å². The van der Waals surface area contributed by atoms with E-state index in [1.165, 1.54) is 6.42 Å². The highest BCUT2D eigenvalue weighted by molar-refractivity contribution is 5.84. The molecule has 4 heteroatoms. The van der Waals surface area contributed by atoms with Crippen LogP contribution in [0.1, 0.15) is 38.3 Å². The van der Waals surface area contributed by atoms with Crippen molar-refractivity contribution in [1.29, 1.82) is 0 Å². The van der Waals surface area contributed by atoms with Crippen LogP contribution in [-0.2, 0) is 7.05 Å². The van der Waals surface area contributed by atoms with Crippen molar-refractivity contribution in [3.63, 3.8) is 0 Å². The number of nitrogens with zero attached hydrogens (tertiary/aromatic N) is 3. The van der Waals surface area contributed by atoms with E-state index in [9.17, 15) is 4.79 Å². The van der Waals surface area contributed by atoms with Crippen LogP contribution in [0, 0.1) is 6.92 Å². The summed E-state index contributed by atoms with van der Waals surface area (Å²) in [5.74, 6) is 0. The van der Waals surface area contributed by atoms with E-state index in [4.69, 9.17) is 0 Å². The molecular formula is C21H25N3O. The third kappa shape index (κ3) is 4.21. The summed E-state index contributed by atoms with van der Waals surface area (Å²) in [5, 5.41) is 4.80. The van der Waals surface area contributed by atoms with Crippen LogP contribution >= 0.6 is 0 Å². The Labute approximate surface area is 148 Å². The first-order valence-corrected chi connectivity index (χ1v) is 8.57. The van der Waals surface area contributed by atoms with E-state index in [1.807, 2.05) is 57.4 Å². The second-order valence-electron chi connectivity index (χ2n) is 6.03. The van der Waals surface area contributed by atoms with Gasteiger partial charge in [0, 0.05) is 41.5 Å². The predicted octanol–water partition coefficient (Wildman–Crippen LogP) is 4.75. The molecule has 3 aromatic rings. The molecule has 0 saturated carbocycles. The van der Waals surface area contributed by atoms with Crippen molar-refractivity contribution >= 4 is 17.0 Å². The van der Waals surface area contributed by atoms with E-state index in [2.05, 4.69) is 23.9 Å². The highest BCUT2D eigenvalue weighted by atomic mass is 16.1. The predicted molar refractivity (Wildman–Crippen MR) is 106 cm³/mol. The van der Waals surface area contributed by atoms with E-state index >= 15 is 0 Å². The van der Waals surface area contributed by atoms with Gasteiger partial charge in [-0.1, -0.05) is 38.5 Å². The van der Waals surface area contributed by atoms with Crippen molar-refractivity contribution in [3.8, 4) is 11.1 Å². The molecule has 0 fully saturated rings. The molecule has 0 aliphatic heterocycles. The second-order valence-corrected chi connectivity index (χ2v) is 6.03. The van der Waals surface area contributed by atoms with Gasteiger partial charge in [-0.25, -0.2) is 0 Å². The van der Waals surface area contributed by atoms with Crippen molar-refractivity contribution in [2.75, 3.05) is 0 Å². The molecule has 0 aliphatic rings. The summed E-state index contributed by atoms with van der Waals surface area (Å²) in [7, 11) is 1.87. The van der Waals surface area contributed by atoms with E-state index in [-0.39, 0.29) is 5.43 Å². The van der Waals surface area contributed by atoms with Crippen LogP contribution < -0.4 is 5.43 Å². The van der Waals surface area contributed by atoms with Gasteiger partial charge in [0.2, 0.25) is 0 Å². The van der Waals surface area contributed by atoms with E-state index in [0.29, 0.717) is 16.5 Å². The number of rotatable bonds is 2. The van der Waals surface area contributed by atoms with Gasteiger partial charge in [-0.15, -0.1) is 0 Å². The third-order valence-corrected chi connectivity index (χ3v) is 3.70. The maximum Gasteiger partial charge on any atom is 0.195 e. The largest absolute Gasteiger partial charge is 0.289 e. The van der Waals surface area contributed by atoms with Crippen LogP contribution in [0.5, 0.6) is 0 Å². The van der Waals surface area contributed by atoms with Gasteiger partial charge in [0.1, 0.15) is 0 Å². The number of pyridine rings is 1. The molecule has 1 aromatic carbocycles. The monoisotopic (exact) mass is 335 g/mol. The SMILES string of the molecule is C/C=C\c1c(C)ccc2ncc(-c3cnn(C)c3)cc2c1=O.CCC. The number of hydrogen-bond donors (Lipinski definition) is 0. The average Bonchev–Trinajstić information content (AvgIpc) is 2.99. The maximum atomic E-state index is 12.8. The summed E-state index contributed by atoms with van der Waals surface area (Å²) >= 11 is 0. The molecule has 0 saturated heterocycles. The smallest absolute Gasteiger partial charge is 0.195 e. The zero-order valence-electron chi connectivity index (χ0n) is 15.6. The van der Waals surface area contributed by atoms with Gasteiger partial charge < -0.3 is 0 Å². The molecule has 3 rings (SSSR count). The molecule has 0 unspecified atom stereocenters. The summed E-state index contributed by atoms with van der Waals surface area (Å²) < 4.78 is 1.73. The Morgan fingerprint density at radius 3 is 2.48 bits per heavy atom. The topological polar surface area (TPSA) is 47.8 Å². The fraction of sp³-hybridized carbons (Fsp3) is 0.286. The number of allylic oxidation sites excluding steroid dienone is 1. The lowest BCUT2D eigenvalue weighted by Gasteiger charge is -1.98. The van der Waals surface area contributed by atoms with E-state index in [0.717, 1.165) is 16.7 Å². The quantitative estimate of drug-likeness (QED) is 0.679. The van der Waals surface area contributed by atoms with Gasteiger partial charge in [0.25, 0.3) is 0 Å². The van der Waals surface area contributed by atoms with Crippen molar-refractivity contribution in [2.45, 2.75) is 34.1 Å². The molecular weight excluding hydrogens is 310 g/mol. The van der Waals surface area contributed by atoms with Gasteiger partial charge in [0.05, 0.1) is 11.7 Å². The first kappa shape index (κ1) is 18.6. The van der Waals surface area contributed by atoms with Crippen molar-refractivity contribution in [3.05, 3.63) is 64.2 Å². The summed E-state index contributed by atoms with van der Waals surface area (Å²) in [6.07, 6.45) is 10.5. The lowest BCUT2D eigenvalue weighted by atomic mass is 10.1. The molecule has 0 N–H and O–H groups in total. The zero-order valence-corrected chi connectivity index (χ0v) is 15.6. The fourth-order valence-electron chi connectivity index (χ4n) is 2.51. The Kier molecular flexibility index (Phi) is 6.23. The Hall–Kier alpha value is -2.75. The van der Waals surface area contributed by atoms with Gasteiger partial charge in [-0.3, -0.25) is 14.5 Å². The lowest BCUT2D eigenvalue weighted by molar-refractivity contribution is 0.768. The standard InChI is InChI=1S/C18H17N3O.C3H8/c1-4-5-15-12(2)6-7-17-16(18(15)22)8-13(9-19-17)14-10-20-21(3)11-14;1-3-2/h4-11H,1-3H3;3H2,1-2H3/b5-4-;. The van der Waals surface area contributed by atoms with Crippen molar-refractivity contribution < 1.29 is 0 Å². The van der Waals surface area contributed by atoms with Crippen LogP contribution in [0.2, 0.25) is 0 Å². The normalized spacial score (nSPS) is 10.8. The number of aromatic nitrogens is 3.